The second-order valence-electron chi connectivity index (χ2n) is 5.13. The Labute approximate surface area is 123 Å². The van der Waals surface area contributed by atoms with Crippen molar-refractivity contribution in [3.8, 4) is 0 Å². The molecule has 0 unspecified atom stereocenters. The molecule has 1 heterocycles. The average molecular weight is 292 g/mol. The molecule has 1 amide bonds. The van der Waals surface area contributed by atoms with Gasteiger partial charge in [0.05, 0.1) is 13.0 Å². The summed E-state index contributed by atoms with van der Waals surface area (Å²) in [6.45, 7) is 3.13. The first-order valence-electron chi connectivity index (χ1n) is 7.03. The van der Waals surface area contributed by atoms with Crippen LogP contribution in [0, 0.1) is 0 Å². The number of amides is 1. The van der Waals surface area contributed by atoms with E-state index in [4.69, 9.17) is 10.2 Å². The molecule has 0 radical (unpaired) electrons. The first-order chi connectivity index (χ1) is 10.1. The highest BCUT2D eigenvalue weighted by Gasteiger charge is 2.22. The number of carbonyl (C=O) groups excluding carboxylic acids is 1. The van der Waals surface area contributed by atoms with Crippen molar-refractivity contribution in [3.05, 3.63) is 35.4 Å². The summed E-state index contributed by atoms with van der Waals surface area (Å²) in [6, 6.07) is 6.95. The highest BCUT2D eigenvalue weighted by molar-refractivity contribution is 5.94. The molecular weight excluding hydrogens is 272 g/mol. The van der Waals surface area contributed by atoms with E-state index < -0.39 is 5.97 Å². The van der Waals surface area contributed by atoms with E-state index in [-0.39, 0.29) is 18.9 Å². The zero-order chi connectivity index (χ0) is 15.2. The number of rotatable bonds is 5. The van der Waals surface area contributed by atoms with Crippen molar-refractivity contribution < 1.29 is 19.8 Å². The topological polar surface area (TPSA) is 81.1 Å². The normalized spacial score (nSPS) is 16.0. The maximum atomic E-state index is 12.3. The third-order valence-electron chi connectivity index (χ3n) is 3.68. The lowest BCUT2D eigenvalue weighted by molar-refractivity contribution is -0.137. The second kappa shape index (κ2) is 7.19. The quantitative estimate of drug-likeness (QED) is 0.821. The molecule has 114 valence electrons. The summed E-state index contributed by atoms with van der Waals surface area (Å²) >= 11 is 0. The maximum absolute atomic E-state index is 12.3. The predicted molar refractivity (Wildman–Crippen MR) is 77.0 cm³/mol. The van der Waals surface area contributed by atoms with Gasteiger partial charge >= 0.3 is 5.97 Å². The number of nitrogens with zero attached hydrogens (tertiary/aromatic N) is 2. The maximum Gasteiger partial charge on any atom is 0.304 e. The number of aliphatic carboxylic acids is 1. The van der Waals surface area contributed by atoms with Crippen molar-refractivity contribution in [2.45, 2.75) is 13.0 Å². The zero-order valence-corrected chi connectivity index (χ0v) is 11.9. The molecule has 1 aromatic rings. The van der Waals surface area contributed by atoms with E-state index in [1.165, 1.54) is 0 Å². The minimum atomic E-state index is -0.794. The number of piperazine rings is 1. The minimum Gasteiger partial charge on any atom is -0.481 e. The molecule has 1 fully saturated rings. The molecule has 6 heteroatoms. The number of carbonyl (C=O) groups is 2. The largest absolute Gasteiger partial charge is 0.481 e. The Kier molecular flexibility index (Phi) is 5.30. The van der Waals surface area contributed by atoms with Gasteiger partial charge in [-0.25, -0.2) is 0 Å². The van der Waals surface area contributed by atoms with Crippen LogP contribution in [0.25, 0.3) is 0 Å². The number of aliphatic hydroxyl groups excluding tert-OH is 1. The minimum absolute atomic E-state index is 0.0163. The number of aliphatic hydroxyl groups is 1. The van der Waals surface area contributed by atoms with E-state index in [9.17, 15) is 9.59 Å². The summed E-state index contributed by atoms with van der Waals surface area (Å²) in [7, 11) is 0. The predicted octanol–water partition coefficient (Wildman–Crippen LogP) is 0.411. The Morgan fingerprint density at radius 3 is 2.19 bits per heavy atom. The van der Waals surface area contributed by atoms with Crippen LogP contribution in [0.5, 0.6) is 0 Å². The van der Waals surface area contributed by atoms with Gasteiger partial charge in [0.15, 0.2) is 0 Å². The van der Waals surface area contributed by atoms with Crippen molar-refractivity contribution in [3.63, 3.8) is 0 Å². The van der Waals surface area contributed by atoms with Crippen LogP contribution in [0.15, 0.2) is 24.3 Å². The van der Waals surface area contributed by atoms with Gasteiger partial charge in [-0.05, 0) is 17.7 Å². The van der Waals surface area contributed by atoms with Gasteiger partial charge in [-0.3, -0.25) is 14.5 Å². The lowest BCUT2D eigenvalue weighted by Gasteiger charge is -2.34. The molecule has 0 aromatic heterocycles. The molecule has 1 aliphatic heterocycles. The SMILES string of the molecule is O=C(O)CCN1CCN(C(=O)c2ccc(CO)cc2)CC1. The van der Waals surface area contributed by atoms with Gasteiger partial charge < -0.3 is 15.1 Å². The third-order valence-corrected chi connectivity index (χ3v) is 3.68. The number of hydrogen-bond acceptors (Lipinski definition) is 4. The van der Waals surface area contributed by atoms with E-state index in [1.54, 1.807) is 29.2 Å². The molecule has 6 nitrogen and oxygen atoms in total. The molecule has 0 aliphatic carbocycles. The Balaban J connectivity index is 1.86. The Hall–Kier alpha value is -1.92. The molecule has 0 saturated carbocycles. The van der Waals surface area contributed by atoms with E-state index in [0.717, 1.165) is 5.56 Å². The van der Waals surface area contributed by atoms with Crippen molar-refractivity contribution in [2.75, 3.05) is 32.7 Å². The summed E-state index contributed by atoms with van der Waals surface area (Å²) in [5.41, 5.74) is 1.40. The summed E-state index contributed by atoms with van der Waals surface area (Å²) in [6.07, 6.45) is 0.135. The Bertz CT molecular complexity index is 493. The first-order valence-corrected chi connectivity index (χ1v) is 7.03. The van der Waals surface area contributed by atoms with E-state index in [2.05, 4.69) is 4.90 Å². The highest BCUT2D eigenvalue weighted by atomic mass is 16.4. The summed E-state index contributed by atoms with van der Waals surface area (Å²) in [4.78, 5) is 26.7. The van der Waals surface area contributed by atoms with Gasteiger partial charge in [0.1, 0.15) is 0 Å². The standard InChI is InChI=1S/C15H20N2O4/c18-11-12-1-3-13(4-2-12)15(21)17-9-7-16(8-10-17)6-5-14(19)20/h1-4,18H,5-11H2,(H,19,20). The molecule has 1 aliphatic rings. The van der Waals surface area contributed by atoms with Gasteiger partial charge in [0.25, 0.3) is 5.91 Å². The summed E-state index contributed by atoms with van der Waals surface area (Å²) < 4.78 is 0. The molecule has 1 saturated heterocycles. The number of hydrogen-bond donors (Lipinski definition) is 2. The molecule has 0 spiro atoms. The summed E-state index contributed by atoms with van der Waals surface area (Å²) in [5.74, 6) is -0.810. The van der Waals surface area contributed by atoms with E-state index in [0.29, 0.717) is 38.3 Å². The van der Waals surface area contributed by atoms with Gasteiger partial charge in [0.2, 0.25) is 0 Å². The molecule has 0 atom stereocenters. The Morgan fingerprint density at radius 1 is 1.05 bits per heavy atom. The van der Waals surface area contributed by atoms with Crippen molar-refractivity contribution in [1.82, 2.24) is 9.80 Å². The van der Waals surface area contributed by atoms with Crippen LogP contribution < -0.4 is 0 Å². The van der Waals surface area contributed by atoms with Crippen LogP contribution >= 0.6 is 0 Å². The molecule has 1 aromatic carbocycles. The molecule has 2 rings (SSSR count). The van der Waals surface area contributed by atoms with Crippen LogP contribution in [0.4, 0.5) is 0 Å². The van der Waals surface area contributed by atoms with E-state index in [1.807, 2.05) is 0 Å². The third kappa shape index (κ3) is 4.27. The second-order valence-corrected chi connectivity index (χ2v) is 5.13. The smallest absolute Gasteiger partial charge is 0.304 e. The summed E-state index contributed by atoms with van der Waals surface area (Å²) in [5, 5.41) is 17.7. The van der Waals surface area contributed by atoms with Gasteiger partial charge in [-0.15, -0.1) is 0 Å². The van der Waals surface area contributed by atoms with Crippen molar-refractivity contribution in [2.24, 2.45) is 0 Å². The highest BCUT2D eigenvalue weighted by Crippen LogP contribution is 2.10. The lowest BCUT2D eigenvalue weighted by atomic mass is 10.1. The van der Waals surface area contributed by atoms with Crippen LogP contribution in [0.2, 0.25) is 0 Å². The fourth-order valence-electron chi connectivity index (χ4n) is 2.36. The van der Waals surface area contributed by atoms with Gasteiger partial charge in [0, 0.05) is 38.3 Å². The number of carboxylic acid groups (broad SMARTS) is 1. The fourth-order valence-corrected chi connectivity index (χ4v) is 2.36. The molecule has 21 heavy (non-hydrogen) atoms. The van der Waals surface area contributed by atoms with Crippen LogP contribution in [-0.2, 0) is 11.4 Å². The van der Waals surface area contributed by atoms with Gasteiger partial charge in [-0.2, -0.15) is 0 Å². The van der Waals surface area contributed by atoms with Crippen LogP contribution in [-0.4, -0.2) is 64.6 Å². The lowest BCUT2D eigenvalue weighted by Crippen LogP contribution is -2.49. The van der Waals surface area contributed by atoms with Crippen molar-refractivity contribution in [1.29, 1.82) is 0 Å². The zero-order valence-electron chi connectivity index (χ0n) is 11.9. The van der Waals surface area contributed by atoms with E-state index >= 15 is 0 Å². The van der Waals surface area contributed by atoms with Crippen LogP contribution in [0.3, 0.4) is 0 Å². The van der Waals surface area contributed by atoms with Crippen molar-refractivity contribution >= 4 is 11.9 Å². The first kappa shape index (κ1) is 15.5. The Morgan fingerprint density at radius 2 is 1.67 bits per heavy atom. The molecule has 0 bridgehead atoms. The monoisotopic (exact) mass is 292 g/mol. The average Bonchev–Trinajstić information content (AvgIpc) is 2.53. The number of carboxylic acids is 1. The molecular formula is C15H20N2O4. The van der Waals surface area contributed by atoms with Gasteiger partial charge in [-0.1, -0.05) is 12.1 Å². The molecule has 2 N–H and O–H groups in total. The fraction of sp³-hybridized carbons (Fsp3) is 0.467. The number of benzene rings is 1. The van der Waals surface area contributed by atoms with Crippen LogP contribution in [0.1, 0.15) is 22.3 Å².